The van der Waals surface area contributed by atoms with Gasteiger partial charge < -0.3 is 9.47 Å². The Morgan fingerprint density at radius 3 is 2.26 bits per heavy atom. The molecule has 3 saturated carbocycles. The minimum absolute atomic E-state index is 0.113. The Labute approximate surface area is 117 Å². The van der Waals surface area contributed by atoms with Crippen molar-refractivity contribution in [1.82, 2.24) is 0 Å². The van der Waals surface area contributed by atoms with Crippen molar-refractivity contribution >= 4 is 0 Å². The van der Waals surface area contributed by atoms with E-state index in [0.717, 1.165) is 31.8 Å². The number of rotatable bonds is 0. The molecule has 2 spiro atoms. The van der Waals surface area contributed by atoms with Crippen molar-refractivity contribution in [2.75, 3.05) is 6.61 Å². The van der Waals surface area contributed by atoms with E-state index in [-0.39, 0.29) is 11.4 Å². The Kier molecular flexibility index (Phi) is 2.37. The SMILES string of the molecule is CC1(C)C2CCC1(C)C1(CCOC3(CCCC3)O1)C2. The van der Waals surface area contributed by atoms with Crippen molar-refractivity contribution in [3.05, 3.63) is 0 Å². The summed E-state index contributed by atoms with van der Waals surface area (Å²) in [6.45, 7) is 8.39. The second-order valence-corrected chi connectivity index (χ2v) is 8.31. The second-order valence-electron chi connectivity index (χ2n) is 8.31. The highest BCUT2D eigenvalue weighted by molar-refractivity contribution is 5.19. The lowest BCUT2D eigenvalue weighted by Crippen LogP contribution is -2.58. The van der Waals surface area contributed by atoms with Gasteiger partial charge in [-0.1, -0.05) is 20.8 Å². The normalized spacial score (nSPS) is 50.4. The lowest BCUT2D eigenvalue weighted by Gasteiger charge is -2.55. The van der Waals surface area contributed by atoms with Gasteiger partial charge in [-0.3, -0.25) is 0 Å². The zero-order valence-corrected chi connectivity index (χ0v) is 12.8. The number of hydrogen-bond donors (Lipinski definition) is 0. The summed E-state index contributed by atoms with van der Waals surface area (Å²) in [5.74, 6) is 0.649. The highest BCUT2D eigenvalue weighted by atomic mass is 16.7. The third-order valence-electron chi connectivity index (χ3n) is 7.64. The van der Waals surface area contributed by atoms with E-state index in [9.17, 15) is 0 Å². The zero-order chi connectivity index (χ0) is 13.4. The molecule has 3 atom stereocenters. The lowest BCUT2D eigenvalue weighted by molar-refractivity contribution is -0.350. The molecule has 4 rings (SSSR count). The van der Waals surface area contributed by atoms with Crippen LogP contribution < -0.4 is 0 Å². The van der Waals surface area contributed by atoms with Gasteiger partial charge in [-0.25, -0.2) is 0 Å². The summed E-state index contributed by atoms with van der Waals surface area (Å²) < 4.78 is 12.9. The smallest absolute Gasteiger partial charge is 0.169 e. The average Bonchev–Trinajstić information content (AvgIpc) is 2.92. The van der Waals surface area contributed by atoms with Crippen LogP contribution >= 0.6 is 0 Å². The van der Waals surface area contributed by atoms with Crippen LogP contribution in [0.15, 0.2) is 0 Å². The van der Waals surface area contributed by atoms with E-state index in [1.807, 2.05) is 0 Å². The highest BCUT2D eigenvalue weighted by Crippen LogP contribution is 2.73. The molecule has 0 aromatic rings. The van der Waals surface area contributed by atoms with Crippen LogP contribution in [-0.4, -0.2) is 18.0 Å². The summed E-state index contributed by atoms with van der Waals surface area (Å²) in [4.78, 5) is 0. The summed E-state index contributed by atoms with van der Waals surface area (Å²) in [6.07, 6.45) is 9.95. The maximum absolute atomic E-state index is 6.83. The van der Waals surface area contributed by atoms with Gasteiger partial charge in [0.1, 0.15) is 0 Å². The lowest BCUT2D eigenvalue weighted by atomic mass is 9.63. The van der Waals surface area contributed by atoms with Gasteiger partial charge in [0.05, 0.1) is 12.2 Å². The number of fused-ring (bicyclic) bond motifs is 3. The van der Waals surface area contributed by atoms with Gasteiger partial charge in [0.15, 0.2) is 5.79 Å². The van der Waals surface area contributed by atoms with E-state index in [1.165, 1.54) is 32.1 Å². The van der Waals surface area contributed by atoms with Gasteiger partial charge in [-0.2, -0.15) is 0 Å². The number of ether oxygens (including phenoxy) is 2. The third-order valence-corrected chi connectivity index (χ3v) is 7.64. The van der Waals surface area contributed by atoms with Gasteiger partial charge in [-0.05, 0) is 43.4 Å². The van der Waals surface area contributed by atoms with Crippen molar-refractivity contribution in [2.45, 2.75) is 83.5 Å². The molecule has 3 aliphatic carbocycles. The van der Waals surface area contributed by atoms with E-state index in [1.54, 1.807) is 0 Å². The molecule has 2 bridgehead atoms. The summed E-state index contributed by atoms with van der Waals surface area (Å²) in [7, 11) is 0. The molecule has 2 nitrogen and oxygen atoms in total. The van der Waals surface area contributed by atoms with E-state index in [4.69, 9.17) is 9.47 Å². The molecule has 108 valence electrons. The standard InChI is InChI=1S/C17H28O2/c1-14(2)13-6-9-15(14,3)16(12-13)10-11-18-17(19-16)7-4-5-8-17/h13H,4-12H2,1-3H3. The first kappa shape index (κ1) is 12.6. The second kappa shape index (κ2) is 3.57. The summed E-state index contributed by atoms with van der Waals surface area (Å²) in [5.41, 5.74) is 0.899. The first-order valence-corrected chi connectivity index (χ1v) is 8.27. The summed E-state index contributed by atoms with van der Waals surface area (Å²) in [6, 6.07) is 0. The Bertz CT molecular complexity index is 396. The Hall–Kier alpha value is -0.0800. The molecule has 0 N–H and O–H groups in total. The topological polar surface area (TPSA) is 18.5 Å². The highest BCUT2D eigenvalue weighted by Gasteiger charge is 2.71. The van der Waals surface area contributed by atoms with Crippen molar-refractivity contribution in [1.29, 1.82) is 0 Å². The predicted molar refractivity (Wildman–Crippen MR) is 74.8 cm³/mol. The molecule has 1 heterocycles. The van der Waals surface area contributed by atoms with Crippen molar-refractivity contribution in [2.24, 2.45) is 16.7 Å². The molecule has 0 aromatic carbocycles. The summed E-state index contributed by atoms with van der Waals surface area (Å²) in [5, 5.41) is 0. The minimum Gasteiger partial charge on any atom is -0.350 e. The van der Waals surface area contributed by atoms with Crippen LogP contribution in [0.2, 0.25) is 0 Å². The molecule has 3 unspecified atom stereocenters. The van der Waals surface area contributed by atoms with Gasteiger partial charge in [0.25, 0.3) is 0 Å². The fourth-order valence-corrected chi connectivity index (χ4v) is 5.92. The zero-order valence-electron chi connectivity index (χ0n) is 12.8. The molecule has 4 fully saturated rings. The predicted octanol–water partition coefficient (Wildman–Crippen LogP) is 4.28. The molecule has 1 aliphatic heterocycles. The molecule has 2 heteroatoms. The summed E-state index contributed by atoms with van der Waals surface area (Å²) >= 11 is 0. The fraction of sp³-hybridized carbons (Fsp3) is 1.00. The van der Waals surface area contributed by atoms with Crippen molar-refractivity contribution in [3.63, 3.8) is 0 Å². The largest absolute Gasteiger partial charge is 0.350 e. The Morgan fingerprint density at radius 1 is 0.947 bits per heavy atom. The number of hydrogen-bond acceptors (Lipinski definition) is 2. The first-order chi connectivity index (χ1) is 8.93. The average molecular weight is 264 g/mol. The van der Waals surface area contributed by atoms with Crippen LogP contribution in [0, 0.1) is 16.7 Å². The Morgan fingerprint density at radius 2 is 1.68 bits per heavy atom. The van der Waals surface area contributed by atoms with Gasteiger partial charge in [0, 0.05) is 24.7 Å². The maximum Gasteiger partial charge on any atom is 0.169 e. The van der Waals surface area contributed by atoms with Gasteiger partial charge >= 0.3 is 0 Å². The monoisotopic (exact) mass is 264 g/mol. The van der Waals surface area contributed by atoms with Crippen LogP contribution in [0.25, 0.3) is 0 Å². The molecular weight excluding hydrogens is 236 g/mol. The maximum atomic E-state index is 6.83. The van der Waals surface area contributed by atoms with E-state index in [0.29, 0.717) is 10.8 Å². The molecule has 1 saturated heterocycles. The molecule has 19 heavy (non-hydrogen) atoms. The Balaban J connectivity index is 1.71. The molecule has 0 amide bonds. The van der Waals surface area contributed by atoms with E-state index >= 15 is 0 Å². The molecular formula is C17H28O2. The van der Waals surface area contributed by atoms with E-state index < -0.39 is 0 Å². The first-order valence-electron chi connectivity index (χ1n) is 8.27. The van der Waals surface area contributed by atoms with Gasteiger partial charge in [-0.15, -0.1) is 0 Å². The van der Waals surface area contributed by atoms with Crippen LogP contribution in [-0.2, 0) is 9.47 Å². The third kappa shape index (κ3) is 1.35. The van der Waals surface area contributed by atoms with Crippen LogP contribution in [0.3, 0.4) is 0 Å². The van der Waals surface area contributed by atoms with Crippen molar-refractivity contribution < 1.29 is 9.47 Å². The molecule has 0 radical (unpaired) electrons. The molecule has 4 aliphatic rings. The van der Waals surface area contributed by atoms with Crippen molar-refractivity contribution in [3.8, 4) is 0 Å². The van der Waals surface area contributed by atoms with E-state index in [2.05, 4.69) is 20.8 Å². The quantitative estimate of drug-likeness (QED) is 0.650. The van der Waals surface area contributed by atoms with Crippen LogP contribution in [0.1, 0.15) is 72.1 Å². The van der Waals surface area contributed by atoms with Crippen LogP contribution in [0.5, 0.6) is 0 Å². The molecule has 0 aromatic heterocycles. The van der Waals surface area contributed by atoms with Gasteiger partial charge in [0.2, 0.25) is 0 Å². The van der Waals surface area contributed by atoms with Crippen LogP contribution in [0.4, 0.5) is 0 Å². The fourth-order valence-electron chi connectivity index (χ4n) is 5.92. The minimum atomic E-state index is -0.207.